The fourth-order valence-electron chi connectivity index (χ4n) is 11.2. The molecule has 0 aliphatic rings. The molecule has 11 aromatic carbocycles. The zero-order valence-electron chi connectivity index (χ0n) is 36.0. The number of furan rings is 1. The van der Waals surface area contributed by atoms with Crippen LogP contribution in [-0.4, -0.2) is 19.1 Å². The zero-order chi connectivity index (χ0) is 43.7. The third-order valence-corrected chi connectivity index (χ3v) is 14.1. The summed E-state index contributed by atoms with van der Waals surface area (Å²) in [7, 11) is 0. The quantitative estimate of drug-likeness (QED) is 0.166. The monoisotopic (exact) mass is 852 g/mol. The molecule has 310 valence electrons. The highest BCUT2D eigenvalue weighted by Crippen LogP contribution is 2.47. The van der Waals surface area contributed by atoms with E-state index in [0.29, 0.717) is 5.95 Å². The summed E-state index contributed by atoms with van der Waals surface area (Å²) in [5, 5.41) is 15.0. The van der Waals surface area contributed by atoms with Crippen molar-refractivity contribution in [1.82, 2.24) is 19.1 Å². The van der Waals surface area contributed by atoms with Crippen LogP contribution in [0.3, 0.4) is 0 Å². The van der Waals surface area contributed by atoms with Crippen LogP contribution in [0.2, 0.25) is 0 Å². The first kappa shape index (κ1) is 36.3. The van der Waals surface area contributed by atoms with Crippen molar-refractivity contribution in [3.05, 3.63) is 218 Å². The highest BCUT2D eigenvalue weighted by atomic mass is 16.3. The third kappa shape index (κ3) is 5.14. The highest BCUT2D eigenvalue weighted by molar-refractivity contribution is 6.35. The molecule has 0 N–H and O–H groups in total. The maximum Gasteiger partial charge on any atom is 0.235 e. The van der Waals surface area contributed by atoms with E-state index in [9.17, 15) is 0 Å². The lowest BCUT2D eigenvalue weighted by molar-refractivity contribution is 0.671. The van der Waals surface area contributed by atoms with Crippen LogP contribution in [0.4, 0.5) is 0 Å². The van der Waals surface area contributed by atoms with Crippen LogP contribution in [0, 0.1) is 0 Å². The zero-order valence-corrected chi connectivity index (χ0v) is 36.0. The molecule has 67 heavy (non-hydrogen) atoms. The first-order valence-corrected chi connectivity index (χ1v) is 22.8. The number of nitrogens with zero attached hydrogens (tertiary/aromatic N) is 4. The van der Waals surface area contributed by atoms with Gasteiger partial charge in [-0.1, -0.05) is 170 Å². The molecule has 0 amide bonds. The summed E-state index contributed by atoms with van der Waals surface area (Å²) >= 11 is 0. The first-order valence-electron chi connectivity index (χ1n) is 22.8. The van der Waals surface area contributed by atoms with E-state index >= 15 is 0 Å². The SMILES string of the molecule is c1ccc(-c2nc(-n3c4ccccc4c4c5ccccc5c5c6cc(-c7ccc8c9c%10ccccc%10ccc9n(-c9ccccc9)c8c7)ccc6oc5c43)nc3ccc4ccccc4c23)cc1. The number of hydrogen-bond acceptors (Lipinski definition) is 3. The number of rotatable bonds is 4. The molecular weight excluding hydrogens is 817 g/mol. The van der Waals surface area contributed by atoms with Crippen molar-refractivity contribution in [3.8, 4) is 34.0 Å². The minimum Gasteiger partial charge on any atom is -0.454 e. The number of fused-ring (bicyclic) bond motifs is 18. The summed E-state index contributed by atoms with van der Waals surface area (Å²) in [5.41, 5.74) is 12.2. The fourth-order valence-corrected chi connectivity index (χ4v) is 11.2. The summed E-state index contributed by atoms with van der Waals surface area (Å²) in [6, 6.07) is 78.2. The van der Waals surface area contributed by atoms with Gasteiger partial charge in [0.2, 0.25) is 5.95 Å². The first-order chi connectivity index (χ1) is 33.2. The van der Waals surface area contributed by atoms with E-state index in [1.54, 1.807) is 0 Å². The van der Waals surface area contributed by atoms with Crippen LogP contribution in [-0.2, 0) is 0 Å². The molecule has 15 aromatic rings. The molecule has 4 aromatic heterocycles. The highest BCUT2D eigenvalue weighted by Gasteiger charge is 2.26. The van der Waals surface area contributed by atoms with Crippen LogP contribution in [0.25, 0.3) is 143 Å². The average molecular weight is 853 g/mol. The Morgan fingerprint density at radius 2 is 0.955 bits per heavy atom. The Labute approximate surface area is 383 Å². The van der Waals surface area contributed by atoms with E-state index in [1.807, 2.05) is 0 Å². The number of benzene rings is 11. The van der Waals surface area contributed by atoms with Crippen LogP contribution >= 0.6 is 0 Å². The van der Waals surface area contributed by atoms with Gasteiger partial charge in [-0.25, -0.2) is 9.97 Å². The van der Waals surface area contributed by atoms with Crippen molar-refractivity contribution >= 4 is 109 Å². The van der Waals surface area contributed by atoms with Crippen molar-refractivity contribution in [2.45, 2.75) is 0 Å². The maximum atomic E-state index is 7.16. The lowest BCUT2D eigenvalue weighted by Crippen LogP contribution is -2.04. The molecule has 5 nitrogen and oxygen atoms in total. The molecule has 0 aliphatic carbocycles. The largest absolute Gasteiger partial charge is 0.454 e. The Kier molecular flexibility index (Phi) is 7.44. The molecule has 0 saturated carbocycles. The molecule has 0 fully saturated rings. The third-order valence-electron chi connectivity index (χ3n) is 14.1. The predicted molar refractivity (Wildman–Crippen MR) is 279 cm³/mol. The summed E-state index contributed by atoms with van der Waals surface area (Å²) in [6.45, 7) is 0. The Balaban J connectivity index is 1.02. The van der Waals surface area contributed by atoms with Gasteiger partial charge in [0.05, 0.1) is 27.8 Å². The fraction of sp³-hybridized carbons (Fsp3) is 0. The number of aromatic nitrogens is 4. The van der Waals surface area contributed by atoms with Gasteiger partial charge in [0.25, 0.3) is 0 Å². The van der Waals surface area contributed by atoms with E-state index < -0.39 is 0 Å². The van der Waals surface area contributed by atoms with E-state index in [-0.39, 0.29) is 0 Å². The average Bonchev–Trinajstić information content (AvgIpc) is 4.07. The summed E-state index contributed by atoms with van der Waals surface area (Å²) < 4.78 is 11.8. The van der Waals surface area contributed by atoms with Crippen molar-refractivity contribution in [2.24, 2.45) is 0 Å². The molecular formula is C62H36N4O. The van der Waals surface area contributed by atoms with Gasteiger partial charge in [-0.15, -0.1) is 0 Å². The molecule has 0 saturated heterocycles. The summed E-state index contributed by atoms with van der Waals surface area (Å²) in [6.07, 6.45) is 0. The Morgan fingerprint density at radius 3 is 1.75 bits per heavy atom. The van der Waals surface area contributed by atoms with Gasteiger partial charge in [-0.3, -0.25) is 4.57 Å². The second-order valence-corrected chi connectivity index (χ2v) is 17.6. The molecule has 0 unspecified atom stereocenters. The van der Waals surface area contributed by atoms with Crippen LogP contribution in [0.5, 0.6) is 0 Å². The van der Waals surface area contributed by atoms with Gasteiger partial charge in [0.1, 0.15) is 11.1 Å². The van der Waals surface area contributed by atoms with Gasteiger partial charge in [0.15, 0.2) is 5.58 Å². The van der Waals surface area contributed by atoms with Crippen molar-refractivity contribution in [3.63, 3.8) is 0 Å². The minimum absolute atomic E-state index is 0.598. The Morgan fingerprint density at radius 1 is 0.343 bits per heavy atom. The van der Waals surface area contributed by atoms with Crippen molar-refractivity contribution in [2.75, 3.05) is 0 Å². The molecule has 0 radical (unpaired) electrons. The maximum absolute atomic E-state index is 7.16. The molecule has 0 aliphatic heterocycles. The Hall–Kier alpha value is -9.06. The second-order valence-electron chi connectivity index (χ2n) is 17.6. The van der Waals surface area contributed by atoms with Crippen LogP contribution < -0.4 is 0 Å². The van der Waals surface area contributed by atoms with Gasteiger partial charge in [0, 0.05) is 49.0 Å². The van der Waals surface area contributed by atoms with Crippen molar-refractivity contribution < 1.29 is 4.42 Å². The van der Waals surface area contributed by atoms with Gasteiger partial charge in [-0.05, 0) is 92.0 Å². The van der Waals surface area contributed by atoms with E-state index in [4.69, 9.17) is 14.4 Å². The van der Waals surface area contributed by atoms with Crippen LogP contribution in [0.1, 0.15) is 0 Å². The van der Waals surface area contributed by atoms with Crippen molar-refractivity contribution in [1.29, 1.82) is 0 Å². The lowest BCUT2D eigenvalue weighted by Gasteiger charge is -2.14. The lowest BCUT2D eigenvalue weighted by atomic mass is 9.96. The van der Waals surface area contributed by atoms with Gasteiger partial charge < -0.3 is 8.98 Å². The summed E-state index contributed by atoms with van der Waals surface area (Å²) in [4.78, 5) is 11.0. The number of para-hydroxylation sites is 2. The topological polar surface area (TPSA) is 48.8 Å². The summed E-state index contributed by atoms with van der Waals surface area (Å²) in [5.74, 6) is 0.598. The predicted octanol–water partition coefficient (Wildman–Crippen LogP) is 16.5. The number of hydrogen-bond donors (Lipinski definition) is 0. The smallest absolute Gasteiger partial charge is 0.235 e. The molecule has 5 heteroatoms. The molecule has 0 atom stereocenters. The van der Waals surface area contributed by atoms with Gasteiger partial charge in [-0.2, -0.15) is 0 Å². The van der Waals surface area contributed by atoms with E-state index in [2.05, 4.69) is 228 Å². The molecule has 0 bridgehead atoms. The standard InChI is InChI=1S/C62H36N4O/c1-3-17-39(18-4-1)59-58-44-22-10-8-15-37(44)28-32-50(58)63-62(64-59)66-51-26-14-13-25-47(51)56-45-23-11-12-24-46(45)57-49-35-40(30-34-54(49)67-61(57)60(56)66)41-27-31-48-53(36-41)65(42-19-5-2-6-20-42)52-33-29-38-16-7-9-21-43(38)55(48)52/h1-36H. The Bertz CT molecular complexity index is 4560. The van der Waals surface area contributed by atoms with E-state index in [1.165, 1.54) is 32.6 Å². The molecule has 0 spiro atoms. The normalized spacial score (nSPS) is 12.2. The van der Waals surface area contributed by atoms with Gasteiger partial charge >= 0.3 is 0 Å². The minimum atomic E-state index is 0.598. The molecule has 15 rings (SSSR count). The molecule has 4 heterocycles. The van der Waals surface area contributed by atoms with E-state index in [0.717, 1.165) is 104 Å². The second kappa shape index (κ2) is 13.7. The van der Waals surface area contributed by atoms with Crippen LogP contribution in [0.15, 0.2) is 223 Å².